The largest absolute Gasteiger partial charge is 0.370 e. The lowest BCUT2D eigenvalue weighted by Crippen LogP contribution is -2.14. The van der Waals surface area contributed by atoms with Crippen LogP contribution in [0.4, 0.5) is 0 Å². The summed E-state index contributed by atoms with van der Waals surface area (Å²) in [6.07, 6.45) is 7.28. The van der Waals surface area contributed by atoms with Crippen LogP contribution in [0.2, 0.25) is 0 Å². The maximum absolute atomic E-state index is 11.7. The Morgan fingerprint density at radius 2 is 1.96 bits per heavy atom. The number of thiophene rings is 1. The molecule has 2 N–H and O–H groups in total. The van der Waals surface area contributed by atoms with Crippen LogP contribution in [0, 0.1) is 20.8 Å². The molecule has 0 unspecified atom stereocenters. The standard InChI is InChI=1S/C19H18N4O2S/c1-9-11(3)26-19-16(9)14(13-6-21-8-22-7-13)4-12(5-15(20)24)18-17(19)10(2)23-25-18/h4,6-8,12H,5H2,1-3H3,(H2,20,24)/t12-/m0/s1. The van der Waals surface area contributed by atoms with Gasteiger partial charge in [-0.25, -0.2) is 9.97 Å². The first-order chi connectivity index (χ1) is 12.5. The monoisotopic (exact) mass is 366 g/mol. The normalized spacial score (nSPS) is 15.8. The topological polar surface area (TPSA) is 94.9 Å². The van der Waals surface area contributed by atoms with Gasteiger partial charge in [0.25, 0.3) is 0 Å². The first-order valence-electron chi connectivity index (χ1n) is 8.29. The molecule has 0 radical (unpaired) electrons. The summed E-state index contributed by atoms with van der Waals surface area (Å²) in [5, 5.41) is 4.16. The van der Waals surface area contributed by atoms with E-state index in [9.17, 15) is 4.79 Å². The van der Waals surface area contributed by atoms with E-state index in [-0.39, 0.29) is 18.2 Å². The molecule has 1 aliphatic carbocycles. The van der Waals surface area contributed by atoms with Crippen LogP contribution < -0.4 is 5.73 Å². The molecule has 0 spiro atoms. The highest BCUT2D eigenvalue weighted by Crippen LogP contribution is 2.49. The molecule has 1 aliphatic rings. The third-order valence-corrected chi connectivity index (χ3v) is 5.99. The van der Waals surface area contributed by atoms with Crippen LogP contribution in [0.3, 0.4) is 0 Å². The second-order valence-corrected chi connectivity index (χ2v) is 7.70. The Hall–Kier alpha value is -2.80. The number of aryl methyl sites for hydroxylation is 2. The van der Waals surface area contributed by atoms with E-state index in [0.717, 1.165) is 32.8 Å². The van der Waals surface area contributed by atoms with Crippen molar-refractivity contribution >= 4 is 22.8 Å². The van der Waals surface area contributed by atoms with E-state index in [1.54, 1.807) is 23.7 Å². The zero-order chi connectivity index (χ0) is 18.4. The summed E-state index contributed by atoms with van der Waals surface area (Å²) in [7, 11) is 0. The van der Waals surface area contributed by atoms with Gasteiger partial charge in [0.1, 0.15) is 6.33 Å². The molecule has 6 nitrogen and oxygen atoms in total. The van der Waals surface area contributed by atoms with Crippen molar-refractivity contribution in [3.8, 4) is 10.4 Å². The number of hydrogen-bond acceptors (Lipinski definition) is 6. The fraction of sp³-hybridized carbons (Fsp3) is 0.263. The fourth-order valence-electron chi connectivity index (χ4n) is 3.45. The van der Waals surface area contributed by atoms with Crippen molar-refractivity contribution in [1.82, 2.24) is 15.1 Å². The lowest BCUT2D eigenvalue weighted by molar-refractivity contribution is -0.118. The molecule has 3 heterocycles. The average molecular weight is 366 g/mol. The molecule has 0 aromatic carbocycles. The predicted molar refractivity (Wildman–Crippen MR) is 99.7 cm³/mol. The number of amides is 1. The third kappa shape index (κ3) is 2.55. The van der Waals surface area contributed by atoms with Crippen molar-refractivity contribution in [2.45, 2.75) is 33.1 Å². The molecule has 26 heavy (non-hydrogen) atoms. The van der Waals surface area contributed by atoms with E-state index in [0.29, 0.717) is 5.76 Å². The highest BCUT2D eigenvalue weighted by Gasteiger charge is 2.32. The van der Waals surface area contributed by atoms with Crippen molar-refractivity contribution in [2.24, 2.45) is 5.73 Å². The molecule has 3 aromatic heterocycles. The molecule has 0 aliphatic heterocycles. The van der Waals surface area contributed by atoms with Gasteiger partial charge in [0.15, 0.2) is 5.76 Å². The summed E-state index contributed by atoms with van der Waals surface area (Å²) in [5.41, 5.74) is 11.5. The van der Waals surface area contributed by atoms with E-state index in [4.69, 9.17) is 10.3 Å². The van der Waals surface area contributed by atoms with Gasteiger partial charge in [0.05, 0.1) is 11.3 Å². The summed E-state index contributed by atoms with van der Waals surface area (Å²) in [4.78, 5) is 22.4. The maximum Gasteiger partial charge on any atom is 0.218 e. The minimum absolute atomic E-state index is 0.159. The molecular formula is C19H18N4O2S. The Morgan fingerprint density at radius 1 is 1.23 bits per heavy atom. The summed E-state index contributed by atoms with van der Waals surface area (Å²) in [6.45, 7) is 6.14. The smallest absolute Gasteiger partial charge is 0.218 e. The van der Waals surface area contributed by atoms with Crippen LogP contribution in [0.15, 0.2) is 29.3 Å². The van der Waals surface area contributed by atoms with Crippen LogP contribution in [0.25, 0.3) is 16.0 Å². The maximum atomic E-state index is 11.7. The van der Waals surface area contributed by atoms with Crippen LogP contribution in [0.5, 0.6) is 0 Å². The van der Waals surface area contributed by atoms with Gasteiger partial charge < -0.3 is 10.3 Å². The number of fused-ring (bicyclic) bond motifs is 3. The van der Waals surface area contributed by atoms with Crippen LogP contribution in [0.1, 0.15) is 45.4 Å². The first kappa shape index (κ1) is 16.7. The number of carbonyl (C=O) groups is 1. The van der Waals surface area contributed by atoms with E-state index in [1.807, 2.05) is 13.0 Å². The van der Waals surface area contributed by atoms with Crippen LogP contribution in [-0.2, 0) is 4.79 Å². The minimum Gasteiger partial charge on any atom is -0.370 e. The van der Waals surface area contributed by atoms with Crippen molar-refractivity contribution in [3.63, 3.8) is 0 Å². The second-order valence-electron chi connectivity index (χ2n) is 6.48. The van der Waals surface area contributed by atoms with Gasteiger partial charge in [0, 0.05) is 45.6 Å². The number of allylic oxidation sites excluding steroid dienone is 1. The molecule has 0 fully saturated rings. The fourth-order valence-corrected chi connectivity index (χ4v) is 4.73. The summed E-state index contributed by atoms with van der Waals surface area (Å²) in [5.74, 6) is 0.0296. The molecule has 132 valence electrons. The average Bonchev–Trinajstić information content (AvgIpc) is 3.08. The lowest BCUT2D eigenvalue weighted by Gasteiger charge is -2.11. The molecule has 1 atom stereocenters. The van der Waals surface area contributed by atoms with Gasteiger partial charge in [-0.3, -0.25) is 4.79 Å². The molecule has 4 rings (SSSR count). The first-order valence-corrected chi connectivity index (χ1v) is 9.11. The number of nitrogens with zero attached hydrogens (tertiary/aromatic N) is 3. The minimum atomic E-state index is -0.381. The number of rotatable bonds is 3. The van der Waals surface area contributed by atoms with Crippen molar-refractivity contribution in [3.05, 3.63) is 57.8 Å². The summed E-state index contributed by atoms with van der Waals surface area (Å²) >= 11 is 1.71. The molecule has 1 amide bonds. The Bertz CT molecular complexity index is 1030. The van der Waals surface area contributed by atoms with Crippen LogP contribution in [-0.4, -0.2) is 21.0 Å². The van der Waals surface area contributed by atoms with Gasteiger partial charge in [-0.15, -0.1) is 11.3 Å². The van der Waals surface area contributed by atoms with E-state index in [1.165, 1.54) is 16.8 Å². The third-order valence-electron chi connectivity index (χ3n) is 4.77. The highest BCUT2D eigenvalue weighted by atomic mass is 32.1. The quantitative estimate of drug-likeness (QED) is 0.765. The van der Waals surface area contributed by atoms with Gasteiger partial charge in [-0.1, -0.05) is 11.2 Å². The van der Waals surface area contributed by atoms with E-state index >= 15 is 0 Å². The van der Waals surface area contributed by atoms with E-state index in [2.05, 4.69) is 29.0 Å². The van der Waals surface area contributed by atoms with Gasteiger partial charge >= 0.3 is 0 Å². The molecular weight excluding hydrogens is 348 g/mol. The molecule has 0 saturated carbocycles. The Morgan fingerprint density at radius 3 is 2.65 bits per heavy atom. The van der Waals surface area contributed by atoms with Gasteiger partial charge in [-0.05, 0) is 31.9 Å². The molecule has 7 heteroatoms. The molecule has 0 saturated heterocycles. The van der Waals surface area contributed by atoms with Gasteiger partial charge in [-0.2, -0.15) is 0 Å². The Kier molecular flexibility index (Phi) is 3.96. The van der Waals surface area contributed by atoms with Gasteiger partial charge in [0.2, 0.25) is 5.91 Å². The predicted octanol–water partition coefficient (Wildman–Crippen LogP) is 3.52. The zero-order valence-corrected chi connectivity index (χ0v) is 15.6. The molecule has 0 bridgehead atoms. The number of nitrogens with two attached hydrogens (primary N) is 1. The molecule has 3 aromatic rings. The lowest BCUT2D eigenvalue weighted by atomic mass is 9.93. The second kappa shape index (κ2) is 6.17. The van der Waals surface area contributed by atoms with Crippen molar-refractivity contribution < 1.29 is 9.32 Å². The number of primary amides is 1. The van der Waals surface area contributed by atoms with Crippen molar-refractivity contribution in [2.75, 3.05) is 0 Å². The van der Waals surface area contributed by atoms with Crippen LogP contribution >= 0.6 is 11.3 Å². The number of aromatic nitrogens is 3. The van der Waals surface area contributed by atoms with E-state index < -0.39 is 0 Å². The summed E-state index contributed by atoms with van der Waals surface area (Å²) < 4.78 is 5.64. The Balaban J connectivity index is 2.05. The zero-order valence-electron chi connectivity index (χ0n) is 14.7. The number of hydrogen-bond donors (Lipinski definition) is 1. The van der Waals surface area contributed by atoms with Crippen molar-refractivity contribution in [1.29, 1.82) is 0 Å². The highest BCUT2D eigenvalue weighted by molar-refractivity contribution is 7.16. The summed E-state index contributed by atoms with van der Waals surface area (Å²) in [6, 6.07) is 0. The number of carbonyl (C=O) groups excluding carboxylic acids is 1. The Labute approximate surface area is 154 Å². The SMILES string of the molecule is Cc1noc2c1-c1sc(C)c(C)c1C(c1cncnc1)=C[C@H]2CC(N)=O.